The van der Waals surface area contributed by atoms with Gasteiger partial charge in [-0.1, -0.05) is 0 Å². The van der Waals surface area contributed by atoms with E-state index in [0.29, 0.717) is 17.6 Å². The topological polar surface area (TPSA) is 45.5 Å². The van der Waals surface area contributed by atoms with Gasteiger partial charge in [0.05, 0.1) is 6.26 Å². The third-order valence-corrected chi connectivity index (χ3v) is 3.69. The largest absolute Gasteiger partial charge is 0.459 e. The van der Waals surface area contributed by atoms with Crippen LogP contribution in [-0.4, -0.2) is 37.0 Å². The Bertz CT molecular complexity index is 360. The summed E-state index contributed by atoms with van der Waals surface area (Å²) in [4.78, 5) is 14.0. The third kappa shape index (κ3) is 1.63. The fourth-order valence-corrected chi connectivity index (χ4v) is 2.79. The van der Waals surface area contributed by atoms with E-state index >= 15 is 0 Å². The van der Waals surface area contributed by atoms with Crippen molar-refractivity contribution in [1.29, 1.82) is 0 Å². The number of likely N-dealkylation sites (tertiary alicyclic amines) is 1. The molecule has 3 rings (SSSR count). The van der Waals surface area contributed by atoms with Crippen LogP contribution >= 0.6 is 0 Å². The van der Waals surface area contributed by atoms with E-state index in [1.54, 1.807) is 18.4 Å². The standard InChI is InChI=1S/C12H16N2O2/c15-12(11-2-1-5-16-11)14-7-9-3-4-13-6-10(9)8-14/h1-2,5,9-10,13H,3-4,6-8H2. The Hall–Kier alpha value is -1.29. The minimum atomic E-state index is 0.0411. The van der Waals surface area contributed by atoms with Gasteiger partial charge in [-0.05, 0) is 43.5 Å². The molecule has 0 aliphatic carbocycles. The molecule has 1 aromatic rings. The zero-order valence-electron chi connectivity index (χ0n) is 9.19. The molecule has 2 saturated heterocycles. The first-order valence-corrected chi connectivity index (χ1v) is 5.88. The Kier molecular flexibility index (Phi) is 2.44. The van der Waals surface area contributed by atoms with Crippen LogP contribution in [0.4, 0.5) is 0 Å². The van der Waals surface area contributed by atoms with E-state index in [4.69, 9.17) is 4.42 Å². The van der Waals surface area contributed by atoms with Crippen molar-refractivity contribution in [2.45, 2.75) is 6.42 Å². The van der Waals surface area contributed by atoms with Crippen LogP contribution in [0, 0.1) is 11.8 Å². The summed E-state index contributed by atoms with van der Waals surface area (Å²) in [6, 6.07) is 3.50. The second-order valence-electron chi connectivity index (χ2n) is 4.70. The van der Waals surface area contributed by atoms with Crippen molar-refractivity contribution in [1.82, 2.24) is 10.2 Å². The molecule has 3 heterocycles. The fraction of sp³-hybridized carbons (Fsp3) is 0.583. The lowest BCUT2D eigenvalue weighted by molar-refractivity contribution is 0.0753. The highest BCUT2D eigenvalue weighted by Gasteiger charge is 2.37. The Morgan fingerprint density at radius 1 is 1.44 bits per heavy atom. The lowest BCUT2D eigenvalue weighted by atomic mass is 9.90. The molecule has 0 radical (unpaired) electrons. The van der Waals surface area contributed by atoms with Crippen LogP contribution in [-0.2, 0) is 0 Å². The molecule has 0 saturated carbocycles. The van der Waals surface area contributed by atoms with Crippen LogP contribution in [0.15, 0.2) is 22.8 Å². The van der Waals surface area contributed by atoms with Gasteiger partial charge in [-0.15, -0.1) is 0 Å². The maximum atomic E-state index is 12.1. The number of piperidine rings is 1. The van der Waals surface area contributed by atoms with Gasteiger partial charge < -0.3 is 14.6 Å². The molecule has 1 amide bonds. The molecule has 4 nitrogen and oxygen atoms in total. The summed E-state index contributed by atoms with van der Waals surface area (Å²) >= 11 is 0. The fourth-order valence-electron chi connectivity index (χ4n) is 2.79. The normalized spacial score (nSPS) is 29.1. The Morgan fingerprint density at radius 3 is 3.06 bits per heavy atom. The van der Waals surface area contributed by atoms with E-state index < -0.39 is 0 Å². The number of fused-ring (bicyclic) bond motifs is 1. The number of furan rings is 1. The van der Waals surface area contributed by atoms with Gasteiger partial charge in [0.15, 0.2) is 5.76 Å². The predicted molar refractivity (Wildman–Crippen MR) is 59.1 cm³/mol. The van der Waals surface area contributed by atoms with Gasteiger partial charge >= 0.3 is 0 Å². The number of hydrogen-bond donors (Lipinski definition) is 1. The van der Waals surface area contributed by atoms with Gasteiger partial charge in [-0.3, -0.25) is 4.79 Å². The molecule has 86 valence electrons. The molecule has 2 aliphatic rings. The molecule has 2 unspecified atom stereocenters. The van der Waals surface area contributed by atoms with Crippen molar-refractivity contribution in [2.75, 3.05) is 26.2 Å². The summed E-state index contributed by atoms with van der Waals surface area (Å²) in [5.74, 6) is 1.82. The Balaban J connectivity index is 1.71. The van der Waals surface area contributed by atoms with Gasteiger partial charge in [0, 0.05) is 13.1 Å². The molecule has 0 spiro atoms. The van der Waals surface area contributed by atoms with Crippen LogP contribution < -0.4 is 5.32 Å². The third-order valence-electron chi connectivity index (χ3n) is 3.69. The number of nitrogens with zero attached hydrogens (tertiary/aromatic N) is 1. The number of hydrogen-bond acceptors (Lipinski definition) is 3. The average molecular weight is 220 g/mol. The van der Waals surface area contributed by atoms with Crippen molar-refractivity contribution in [3.05, 3.63) is 24.2 Å². The van der Waals surface area contributed by atoms with Gasteiger partial charge in [0.1, 0.15) is 0 Å². The monoisotopic (exact) mass is 220 g/mol. The summed E-state index contributed by atoms with van der Waals surface area (Å²) in [5.41, 5.74) is 0. The zero-order valence-corrected chi connectivity index (χ0v) is 9.19. The first kappa shape index (κ1) is 9.90. The summed E-state index contributed by atoms with van der Waals surface area (Å²) in [5, 5.41) is 3.39. The molecular weight excluding hydrogens is 204 g/mol. The van der Waals surface area contributed by atoms with Gasteiger partial charge in [0.25, 0.3) is 5.91 Å². The predicted octanol–water partition coefficient (Wildman–Crippen LogP) is 0.961. The first-order chi connectivity index (χ1) is 7.84. The van der Waals surface area contributed by atoms with Crippen LogP contribution in [0.25, 0.3) is 0 Å². The molecule has 1 aromatic heterocycles. The Morgan fingerprint density at radius 2 is 2.31 bits per heavy atom. The minimum absolute atomic E-state index is 0.0411. The highest BCUT2D eigenvalue weighted by atomic mass is 16.3. The second kappa shape index (κ2) is 3.94. The Labute approximate surface area is 94.6 Å². The summed E-state index contributed by atoms with van der Waals surface area (Å²) in [7, 11) is 0. The van der Waals surface area contributed by atoms with Crippen molar-refractivity contribution < 1.29 is 9.21 Å². The number of amides is 1. The molecule has 0 bridgehead atoms. The second-order valence-corrected chi connectivity index (χ2v) is 4.70. The molecule has 4 heteroatoms. The van der Waals surface area contributed by atoms with Crippen LogP contribution in [0.2, 0.25) is 0 Å². The summed E-state index contributed by atoms with van der Waals surface area (Å²) in [6.07, 6.45) is 2.74. The van der Waals surface area contributed by atoms with E-state index in [9.17, 15) is 4.79 Å². The molecule has 2 fully saturated rings. The number of carbonyl (C=O) groups excluding carboxylic acids is 1. The van der Waals surface area contributed by atoms with E-state index in [1.165, 1.54) is 6.42 Å². The molecule has 1 N–H and O–H groups in total. The molecule has 2 aliphatic heterocycles. The van der Waals surface area contributed by atoms with Gasteiger partial charge in [0.2, 0.25) is 0 Å². The smallest absolute Gasteiger partial charge is 0.289 e. The van der Waals surface area contributed by atoms with E-state index in [1.807, 2.05) is 4.90 Å². The SMILES string of the molecule is O=C(c1ccco1)N1CC2CCNCC2C1. The number of nitrogens with one attached hydrogen (secondary N) is 1. The maximum absolute atomic E-state index is 12.1. The summed E-state index contributed by atoms with van der Waals surface area (Å²) < 4.78 is 5.15. The quantitative estimate of drug-likeness (QED) is 0.766. The summed E-state index contributed by atoms with van der Waals surface area (Å²) in [6.45, 7) is 3.90. The lowest BCUT2D eigenvalue weighted by Gasteiger charge is -2.23. The van der Waals surface area contributed by atoms with E-state index in [-0.39, 0.29) is 5.91 Å². The molecular formula is C12H16N2O2. The van der Waals surface area contributed by atoms with Gasteiger partial charge in [-0.25, -0.2) is 0 Å². The van der Waals surface area contributed by atoms with Gasteiger partial charge in [-0.2, -0.15) is 0 Å². The molecule has 2 atom stereocenters. The zero-order chi connectivity index (χ0) is 11.0. The average Bonchev–Trinajstić information content (AvgIpc) is 2.97. The number of rotatable bonds is 1. The van der Waals surface area contributed by atoms with E-state index in [0.717, 1.165) is 26.2 Å². The van der Waals surface area contributed by atoms with Crippen molar-refractivity contribution in [3.63, 3.8) is 0 Å². The lowest BCUT2D eigenvalue weighted by Crippen LogP contribution is -2.35. The van der Waals surface area contributed by atoms with Crippen LogP contribution in [0.5, 0.6) is 0 Å². The van der Waals surface area contributed by atoms with E-state index in [2.05, 4.69) is 5.32 Å². The molecule has 16 heavy (non-hydrogen) atoms. The van der Waals surface area contributed by atoms with Crippen molar-refractivity contribution >= 4 is 5.91 Å². The number of carbonyl (C=O) groups is 1. The highest BCUT2D eigenvalue weighted by Crippen LogP contribution is 2.28. The van der Waals surface area contributed by atoms with Crippen LogP contribution in [0.1, 0.15) is 17.0 Å². The van der Waals surface area contributed by atoms with Crippen LogP contribution in [0.3, 0.4) is 0 Å². The first-order valence-electron chi connectivity index (χ1n) is 5.88. The maximum Gasteiger partial charge on any atom is 0.289 e. The van der Waals surface area contributed by atoms with Crippen molar-refractivity contribution in [2.24, 2.45) is 11.8 Å². The van der Waals surface area contributed by atoms with Crippen molar-refractivity contribution in [3.8, 4) is 0 Å². The highest BCUT2D eigenvalue weighted by molar-refractivity contribution is 5.91. The molecule has 0 aromatic carbocycles. The minimum Gasteiger partial charge on any atom is -0.459 e.